The number of rotatable bonds is 32. The number of nitrogens with one attached hydrogen (secondary N) is 2. The standard InChI is InChI=1S/C41H66N2O7/c1-3-5-7-9-11-13-15-16-18-20-22-24-29-33-40(47)50-36(30-26-23-21-19-17-14-12-10-8-6-4-2)31-27-25-28-32-38(45)42-34-39(46)43-37(35-44)41(48)49/h6-9,12-15,19,21,26,30,36-37,44H,3-5,10-11,16-18,20,22-25,27-29,31-35H2,1-2H3,(H,42,45)(H,43,46)(H,48,49)/b8-6-,9-7-,14-12-,15-13-,21-19-,30-26-. The average Bonchev–Trinajstić information content (AvgIpc) is 3.10. The smallest absolute Gasteiger partial charge is 0.328 e. The molecule has 0 aromatic heterocycles. The van der Waals surface area contributed by atoms with Crippen molar-refractivity contribution in [2.24, 2.45) is 0 Å². The molecule has 0 rings (SSSR count). The van der Waals surface area contributed by atoms with Gasteiger partial charge in [-0.3, -0.25) is 14.4 Å². The summed E-state index contributed by atoms with van der Waals surface area (Å²) < 4.78 is 5.83. The molecule has 0 aromatic carbocycles. The minimum atomic E-state index is -1.41. The van der Waals surface area contributed by atoms with Gasteiger partial charge in [-0.05, 0) is 83.1 Å². The molecule has 2 unspecified atom stereocenters. The Morgan fingerprint density at radius 1 is 0.640 bits per heavy atom. The summed E-state index contributed by atoms with van der Waals surface area (Å²) in [6.45, 7) is 3.21. The molecular weight excluding hydrogens is 632 g/mol. The Morgan fingerprint density at radius 3 is 1.84 bits per heavy atom. The van der Waals surface area contributed by atoms with Crippen LogP contribution in [0.25, 0.3) is 0 Å². The monoisotopic (exact) mass is 698 g/mol. The third kappa shape index (κ3) is 31.5. The SMILES string of the molecule is CC/C=C\C/C=C\C/C=C\C/C=C\C(CCCCCC(=O)NCC(=O)NC(CO)C(=O)O)OC(=O)CCCCCCC/C=C\C/C=C\CCC. The van der Waals surface area contributed by atoms with Crippen molar-refractivity contribution >= 4 is 23.8 Å². The number of carbonyl (C=O) groups excluding carboxylic acids is 3. The summed E-state index contributed by atoms with van der Waals surface area (Å²) >= 11 is 0. The lowest BCUT2D eigenvalue weighted by molar-refractivity contribution is -0.147. The number of aliphatic carboxylic acids is 1. The lowest BCUT2D eigenvalue weighted by Gasteiger charge is -2.15. The first-order valence-corrected chi connectivity index (χ1v) is 18.8. The highest BCUT2D eigenvalue weighted by Gasteiger charge is 2.18. The van der Waals surface area contributed by atoms with Crippen molar-refractivity contribution in [3.8, 4) is 0 Å². The maximum Gasteiger partial charge on any atom is 0.328 e. The summed E-state index contributed by atoms with van der Waals surface area (Å²) in [5.41, 5.74) is 0. The molecule has 0 saturated heterocycles. The van der Waals surface area contributed by atoms with Gasteiger partial charge in [0.15, 0.2) is 0 Å². The Bertz CT molecular complexity index is 1070. The van der Waals surface area contributed by atoms with E-state index in [0.717, 1.165) is 83.5 Å². The van der Waals surface area contributed by atoms with Gasteiger partial charge in [0.05, 0.1) is 13.2 Å². The highest BCUT2D eigenvalue weighted by Crippen LogP contribution is 2.14. The third-order valence-corrected chi connectivity index (χ3v) is 7.65. The van der Waals surface area contributed by atoms with Gasteiger partial charge in [0.25, 0.3) is 0 Å². The van der Waals surface area contributed by atoms with E-state index in [1.165, 1.54) is 12.8 Å². The lowest BCUT2D eigenvalue weighted by atomic mass is 10.1. The van der Waals surface area contributed by atoms with Crippen LogP contribution in [0.3, 0.4) is 0 Å². The van der Waals surface area contributed by atoms with Crippen molar-refractivity contribution in [2.75, 3.05) is 13.2 Å². The minimum absolute atomic E-state index is 0.180. The van der Waals surface area contributed by atoms with Crippen LogP contribution < -0.4 is 10.6 Å². The zero-order valence-electron chi connectivity index (χ0n) is 30.9. The molecule has 0 radical (unpaired) electrons. The molecule has 282 valence electrons. The van der Waals surface area contributed by atoms with E-state index in [9.17, 15) is 19.2 Å². The number of amides is 2. The van der Waals surface area contributed by atoms with Gasteiger partial charge in [0.1, 0.15) is 12.1 Å². The summed E-state index contributed by atoms with van der Waals surface area (Å²) in [4.78, 5) is 47.5. The van der Waals surface area contributed by atoms with Gasteiger partial charge in [-0.15, -0.1) is 0 Å². The number of carbonyl (C=O) groups is 4. The number of hydrogen-bond donors (Lipinski definition) is 4. The normalized spacial score (nSPS) is 13.3. The van der Waals surface area contributed by atoms with E-state index in [1.54, 1.807) is 0 Å². The fraction of sp³-hybridized carbons (Fsp3) is 0.610. The Kier molecular flexibility index (Phi) is 32.5. The zero-order valence-corrected chi connectivity index (χ0v) is 30.9. The van der Waals surface area contributed by atoms with E-state index in [4.69, 9.17) is 14.9 Å². The van der Waals surface area contributed by atoms with Gasteiger partial charge < -0.3 is 25.6 Å². The molecule has 2 amide bonds. The Balaban J connectivity index is 4.55. The number of unbranched alkanes of at least 4 members (excludes halogenated alkanes) is 8. The van der Waals surface area contributed by atoms with E-state index in [1.807, 2.05) is 12.2 Å². The molecule has 0 heterocycles. The Hall–Kier alpha value is -3.72. The van der Waals surface area contributed by atoms with Crippen LogP contribution in [0.5, 0.6) is 0 Å². The number of esters is 1. The van der Waals surface area contributed by atoms with Crippen LogP contribution in [0.2, 0.25) is 0 Å². The van der Waals surface area contributed by atoms with Gasteiger partial charge in [0.2, 0.25) is 11.8 Å². The molecule has 9 heteroatoms. The van der Waals surface area contributed by atoms with Gasteiger partial charge in [-0.2, -0.15) is 0 Å². The van der Waals surface area contributed by atoms with Crippen LogP contribution in [0.15, 0.2) is 72.9 Å². The average molecular weight is 699 g/mol. The number of aliphatic hydroxyl groups is 1. The fourth-order valence-corrected chi connectivity index (χ4v) is 4.78. The van der Waals surface area contributed by atoms with E-state index < -0.39 is 24.5 Å². The van der Waals surface area contributed by atoms with Crippen LogP contribution in [0.1, 0.15) is 136 Å². The summed E-state index contributed by atoms with van der Waals surface area (Å²) in [5.74, 6) is -2.53. The zero-order chi connectivity index (χ0) is 36.9. The lowest BCUT2D eigenvalue weighted by Crippen LogP contribution is -2.47. The first-order chi connectivity index (χ1) is 24.3. The minimum Gasteiger partial charge on any atom is -0.480 e. The van der Waals surface area contributed by atoms with E-state index in [2.05, 4.69) is 85.2 Å². The number of allylic oxidation sites excluding steroid dienone is 11. The third-order valence-electron chi connectivity index (χ3n) is 7.65. The maximum absolute atomic E-state index is 12.7. The number of aliphatic hydroxyl groups excluding tert-OH is 1. The van der Waals surface area contributed by atoms with Crippen molar-refractivity contribution in [2.45, 2.75) is 148 Å². The van der Waals surface area contributed by atoms with Crippen molar-refractivity contribution in [3.05, 3.63) is 72.9 Å². The highest BCUT2D eigenvalue weighted by atomic mass is 16.5. The number of carboxylic acids is 1. The molecule has 2 atom stereocenters. The van der Waals surface area contributed by atoms with Crippen LogP contribution in [-0.4, -0.2) is 59.3 Å². The molecule has 0 saturated carbocycles. The summed E-state index contributed by atoms with van der Waals surface area (Å²) in [6.07, 6.45) is 42.2. The molecule has 0 fully saturated rings. The molecule has 0 aliphatic heterocycles. The second kappa shape index (κ2) is 35.1. The first kappa shape index (κ1) is 46.3. The van der Waals surface area contributed by atoms with Crippen LogP contribution in [-0.2, 0) is 23.9 Å². The van der Waals surface area contributed by atoms with Crippen molar-refractivity contribution < 1.29 is 34.1 Å². The molecule has 0 aliphatic rings. The van der Waals surface area contributed by atoms with E-state index >= 15 is 0 Å². The largest absolute Gasteiger partial charge is 0.480 e. The van der Waals surface area contributed by atoms with E-state index in [0.29, 0.717) is 19.3 Å². The van der Waals surface area contributed by atoms with Crippen molar-refractivity contribution in [1.82, 2.24) is 10.6 Å². The number of ether oxygens (including phenoxy) is 1. The maximum atomic E-state index is 12.7. The predicted octanol–water partition coefficient (Wildman–Crippen LogP) is 8.37. The van der Waals surface area contributed by atoms with Gasteiger partial charge in [-0.25, -0.2) is 4.79 Å². The topological polar surface area (TPSA) is 142 Å². The molecule has 4 N–H and O–H groups in total. The Morgan fingerprint density at radius 2 is 1.20 bits per heavy atom. The van der Waals surface area contributed by atoms with Crippen LogP contribution in [0.4, 0.5) is 0 Å². The summed E-state index contributed by atoms with van der Waals surface area (Å²) in [6, 6.07) is -1.41. The molecule has 50 heavy (non-hydrogen) atoms. The van der Waals surface area contributed by atoms with Crippen LogP contribution in [0, 0.1) is 0 Å². The molecular formula is C41H66N2O7. The number of carboxylic acid groups (broad SMARTS) is 1. The Labute approximate surface area is 302 Å². The van der Waals surface area contributed by atoms with Gasteiger partial charge in [0, 0.05) is 12.8 Å². The first-order valence-electron chi connectivity index (χ1n) is 18.8. The predicted molar refractivity (Wildman–Crippen MR) is 203 cm³/mol. The second-order valence-electron chi connectivity index (χ2n) is 12.3. The summed E-state index contributed by atoms with van der Waals surface area (Å²) in [5, 5.41) is 22.5. The highest BCUT2D eigenvalue weighted by molar-refractivity contribution is 5.87. The quantitative estimate of drug-likeness (QED) is 0.0314. The number of hydrogen-bond acceptors (Lipinski definition) is 6. The van der Waals surface area contributed by atoms with E-state index in [-0.39, 0.29) is 30.9 Å². The van der Waals surface area contributed by atoms with Gasteiger partial charge in [-0.1, -0.05) is 113 Å². The second-order valence-corrected chi connectivity index (χ2v) is 12.3. The molecule has 0 spiro atoms. The summed E-state index contributed by atoms with van der Waals surface area (Å²) in [7, 11) is 0. The molecule has 9 nitrogen and oxygen atoms in total. The molecule has 0 aromatic rings. The molecule has 0 bridgehead atoms. The fourth-order valence-electron chi connectivity index (χ4n) is 4.78. The molecule has 0 aliphatic carbocycles. The van der Waals surface area contributed by atoms with Crippen molar-refractivity contribution in [3.63, 3.8) is 0 Å². The van der Waals surface area contributed by atoms with Gasteiger partial charge >= 0.3 is 11.9 Å². The van der Waals surface area contributed by atoms with Crippen molar-refractivity contribution in [1.29, 1.82) is 0 Å². The van der Waals surface area contributed by atoms with Crippen LogP contribution >= 0.6 is 0 Å².